The number of hydrogen-bond donors (Lipinski definition) is 1. The van der Waals surface area contributed by atoms with Gasteiger partial charge < -0.3 is 5.32 Å². The molecule has 1 aromatic carbocycles. The van der Waals surface area contributed by atoms with E-state index >= 15 is 0 Å². The molecule has 1 unspecified atom stereocenters. The first-order chi connectivity index (χ1) is 13.0. The minimum Gasteiger partial charge on any atom is -0.354 e. The van der Waals surface area contributed by atoms with Gasteiger partial charge in [0.2, 0.25) is 15.9 Å². The van der Waals surface area contributed by atoms with Crippen LogP contribution in [-0.4, -0.2) is 37.8 Å². The van der Waals surface area contributed by atoms with Crippen LogP contribution in [0.15, 0.2) is 29.2 Å². The highest BCUT2D eigenvalue weighted by Gasteiger charge is 2.35. The molecule has 1 aliphatic carbocycles. The summed E-state index contributed by atoms with van der Waals surface area (Å²) in [6, 6.07) is 4.68. The number of rotatable bonds is 5. The lowest BCUT2D eigenvalue weighted by atomic mass is 9.90. The molecule has 1 heterocycles. The monoisotopic (exact) mass is 396 g/mol. The number of carbonyl (C=O) groups is 1. The Bertz CT molecular complexity index is 728. The Morgan fingerprint density at radius 3 is 2.30 bits per heavy atom. The maximum absolute atomic E-state index is 13.1. The van der Waals surface area contributed by atoms with Crippen molar-refractivity contribution in [3.8, 4) is 0 Å². The average Bonchev–Trinajstić information content (AvgIpc) is 3.09. The van der Waals surface area contributed by atoms with Gasteiger partial charge in [0, 0.05) is 25.0 Å². The van der Waals surface area contributed by atoms with Gasteiger partial charge in [0.05, 0.1) is 4.90 Å². The van der Waals surface area contributed by atoms with Crippen LogP contribution in [0.1, 0.15) is 57.8 Å². The first-order valence-electron chi connectivity index (χ1n) is 10.0. The van der Waals surface area contributed by atoms with Crippen LogP contribution >= 0.6 is 0 Å². The first kappa shape index (κ1) is 20.3. The zero-order chi connectivity index (χ0) is 19.3. The lowest BCUT2D eigenvalue weighted by Gasteiger charge is -2.26. The molecule has 5 nitrogen and oxygen atoms in total. The van der Waals surface area contributed by atoms with Crippen molar-refractivity contribution < 1.29 is 17.6 Å². The van der Waals surface area contributed by atoms with E-state index in [2.05, 4.69) is 5.32 Å². The standard InChI is InChI=1S/C20H29FN2O3S/c21-17-10-12-19(13-11-17)27(25,26)23-14-6-9-18(23)15-22-20(24)16-7-4-2-1-3-5-8-16/h10-13,16,18H,1-9,14-15H2,(H,22,24). The summed E-state index contributed by atoms with van der Waals surface area (Å²) in [4.78, 5) is 12.7. The zero-order valence-corrected chi connectivity index (χ0v) is 16.5. The van der Waals surface area contributed by atoms with Gasteiger partial charge in [-0.15, -0.1) is 0 Å². The van der Waals surface area contributed by atoms with Crippen LogP contribution in [0, 0.1) is 11.7 Å². The molecule has 1 amide bonds. The summed E-state index contributed by atoms with van der Waals surface area (Å²) in [6.45, 7) is 0.777. The second-order valence-electron chi connectivity index (χ2n) is 7.65. The molecule has 0 radical (unpaired) electrons. The summed E-state index contributed by atoms with van der Waals surface area (Å²) in [7, 11) is -3.67. The number of halogens is 1. The van der Waals surface area contributed by atoms with Crippen LogP contribution < -0.4 is 5.32 Å². The maximum Gasteiger partial charge on any atom is 0.243 e. The van der Waals surface area contributed by atoms with E-state index in [9.17, 15) is 17.6 Å². The second-order valence-corrected chi connectivity index (χ2v) is 9.54. The minimum atomic E-state index is -3.67. The fourth-order valence-electron chi connectivity index (χ4n) is 4.15. The molecule has 3 rings (SSSR count). The summed E-state index contributed by atoms with van der Waals surface area (Å²) < 4.78 is 40.3. The fraction of sp³-hybridized carbons (Fsp3) is 0.650. The molecule has 27 heavy (non-hydrogen) atoms. The third-order valence-electron chi connectivity index (χ3n) is 5.73. The van der Waals surface area contributed by atoms with Crippen molar-refractivity contribution in [2.45, 2.75) is 68.7 Å². The predicted molar refractivity (Wildman–Crippen MR) is 102 cm³/mol. The normalized spacial score (nSPS) is 22.9. The highest BCUT2D eigenvalue weighted by Crippen LogP contribution is 2.26. The highest BCUT2D eigenvalue weighted by atomic mass is 32.2. The van der Waals surface area contributed by atoms with Gasteiger partial charge in [-0.05, 0) is 49.9 Å². The van der Waals surface area contributed by atoms with E-state index in [0.29, 0.717) is 13.1 Å². The Morgan fingerprint density at radius 2 is 1.63 bits per heavy atom. The Hall–Kier alpha value is -1.47. The average molecular weight is 397 g/mol. The van der Waals surface area contributed by atoms with E-state index < -0.39 is 15.8 Å². The molecule has 1 aromatic rings. The number of sulfonamides is 1. The molecule has 0 bridgehead atoms. The molecule has 1 aliphatic heterocycles. The van der Waals surface area contributed by atoms with Gasteiger partial charge in [0.25, 0.3) is 0 Å². The van der Waals surface area contributed by atoms with E-state index in [1.165, 1.54) is 35.7 Å². The van der Waals surface area contributed by atoms with Crippen molar-refractivity contribution in [2.75, 3.05) is 13.1 Å². The number of benzene rings is 1. The predicted octanol–water partition coefficient (Wildman–Crippen LogP) is 3.46. The number of nitrogens with zero attached hydrogens (tertiary/aromatic N) is 1. The quantitative estimate of drug-likeness (QED) is 0.829. The zero-order valence-electron chi connectivity index (χ0n) is 15.7. The van der Waals surface area contributed by atoms with E-state index in [1.807, 2.05) is 0 Å². The Morgan fingerprint density at radius 1 is 1.00 bits per heavy atom. The molecule has 1 N–H and O–H groups in total. The topological polar surface area (TPSA) is 66.5 Å². The van der Waals surface area contributed by atoms with Gasteiger partial charge in [0.15, 0.2) is 0 Å². The van der Waals surface area contributed by atoms with E-state index in [0.717, 1.165) is 50.7 Å². The molecule has 1 saturated carbocycles. The Labute approximate surface area is 161 Å². The summed E-state index contributed by atoms with van der Waals surface area (Å²) in [5.74, 6) is -0.352. The third kappa shape index (κ3) is 5.08. The summed E-state index contributed by atoms with van der Waals surface area (Å²) in [5.41, 5.74) is 0. The largest absolute Gasteiger partial charge is 0.354 e. The lowest BCUT2D eigenvalue weighted by Crippen LogP contribution is -2.44. The second kappa shape index (κ2) is 9.15. The molecule has 7 heteroatoms. The van der Waals surface area contributed by atoms with Crippen molar-refractivity contribution >= 4 is 15.9 Å². The number of nitrogens with one attached hydrogen (secondary N) is 1. The van der Waals surface area contributed by atoms with Crippen LogP contribution in [-0.2, 0) is 14.8 Å². The molecular formula is C20H29FN2O3S. The Kier molecular flexibility index (Phi) is 6.87. The van der Waals surface area contributed by atoms with Crippen molar-refractivity contribution in [2.24, 2.45) is 5.92 Å². The highest BCUT2D eigenvalue weighted by molar-refractivity contribution is 7.89. The summed E-state index contributed by atoms with van der Waals surface area (Å²) in [5, 5.41) is 3.00. The Balaban J connectivity index is 1.60. The van der Waals surface area contributed by atoms with Crippen molar-refractivity contribution in [1.82, 2.24) is 9.62 Å². The van der Waals surface area contributed by atoms with Crippen LogP contribution in [0.5, 0.6) is 0 Å². The van der Waals surface area contributed by atoms with Gasteiger partial charge in [-0.3, -0.25) is 4.79 Å². The number of hydrogen-bond acceptors (Lipinski definition) is 3. The molecule has 0 aromatic heterocycles. The van der Waals surface area contributed by atoms with E-state index in [-0.39, 0.29) is 22.8 Å². The van der Waals surface area contributed by atoms with Gasteiger partial charge in [0.1, 0.15) is 5.82 Å². The molecule has 1 saturated heterocycles. The molecule has 2 aliphatic rings. The maximum atomic E-state index is 13.1. The summed E-state index contributed by atoms with van der Waals surface area (Å²) >= 11 is 0. The van der Waals surface area contributed by atoms with E-state index in [4.69, 9.17) is 0 Å². The van der Waals surface area contributed by atoms with Gasteiger partial charge >= 0.3 is 0 Å². The van der Waals surface area contributed by atoms with E-state index in [1.54, 1.807) is 0 Å². The fourth-order valence-corrected chi connectivity index (χ4v) is 5.85. The van der Waals surface area contributed by atoms with Gasteiger partial charge in [-0.1, -0.05) is 32.1 Å². The first-order valence-corrected chi connectivity index (χ1v) is 11.5. The minimum absolute atomic E-state index is 0.0499. The summed E-state index contributed by atoms with van der Waals surface area (Å²) in [6.07, 6.45) is 9.16. The molecule has 2 fully saturated rings. The lowest BCUT2D eigenvalue weighted by molar-refractivity contribution is -0.125. The van der Waals surface area contributed by atoms with Crippen molar-refractivity contribution in [3.63, 3.8) is 0 Å². The van der Waals surface area contributed by atoms with Gasteiger partial charge in [-0.2, -0.15) is 4.31 Å². The van der Waals surface area contributed by atoms with Crippen molar-refractivity contribution in [1.29, 1.82) is 0 Å². The van der Waals surface area contributed by atoms with Crippen LogP contribution in [0.25, 0.3) is 0 Å². The van der Waals surface area contributed by atoms with Crippen LogP contribution in [0.2, 0.25) is 0 Å². The third-order valence-corrected chi connectivity index (χ3v) is 7.70. The SMILES string of the molecule is O=C(NCC1CCCN1S(=O)(=O)c1ccc(F)cc1)C1CCCCCCC1. The smallest absolute Gasteiger partial charge is 0.243 e. The van der Waals surface area contributed by atoms with Crippen molar-refractivity contribution in [3.05, 3.63) is 30.1 Å². The van der Waals surface area contributed by atoms with Gasteiger partial charge in [-0.25, -0.2) is 12.8 Å². The molecule has 1 atom stereocenters. The number of carbonyl (C=O) groups excluding carboxylic acids is 1. The number of amides is 1. The molecular weight excluding hydrogens is 367 g/mol. The molecule has 150 valence electrons. The molecule has 0 spiro atoms. The van der Waals surface area contributed by atoms with Crippen LogP contribution in [0.3, 0.4) is 0 Å². The van der Waals surface area contributed by atoms with Crippen LogP contribution in [0.4, 0.5) is 4.39 Å².